The van der Waals surface area contributed by atoms with Gasteiger partial charge in [-0.25, -0.2) is 0 Å². The molecule has 1 rings (SSSR count). The van der Waals surface area contributed by atoms with Gasteiger partial charge in [-0.3, -0.25) is 4.79 Å². The lowest BCUT2D eigenvalue weighted by molar-refractivity contribution is -0.128. The van der Waals surface area contributed by atoms with E-state index >= 15 is 0 Å². The smallest absolute Gasteiger partial charge is 0.385 e. The van der Waals surface area contributed by atoms with Crippen LogP contribution >= 0.6 is 0 Å². The maximum absolute atomic E-state index is 11.8. The number of amides is 1. The van der Waals surface area contributed by atoms with Gasteiger partial charge in [0.05, 0.1) is 13.1 Å². The monoisotopic (exact) mass is 268 g/mol. The van der Waals surface area contributed by atoms with E-state index in [1.165, 1.54) is 0 Å². The Kier molecular flexibility index (Phi) is 5.40. The summed E-state index contributed by atoms with van der Waals surface area (Å²) in [5, 5.41) is 4.72. The number of carbonyl (C=O) groups excluding carboxylic acids is 1. The molecule has 0 aromatic carbocycles. The zero-order chi connectivity index (χ0) is 13.6. The van der Waals surface area contributed by atoms with Crippen molar-refractivity contribution in [3.63, 3.8) is 0 Å². The molecule has 1 saturated carbocycles. The van der Waals surface area contributed by atoms with Gasteiger partial charge in [-0.1, -0.05) is 0 Å². The molecule has 0 aromatic heterocycles. The molecule has 0 radical (unpaired) electrons. The lowest BCUT2D eigenvalue weighted by Gasteiger charge is -2.15. The zero-order valence-corrected chi connectivity index (χ0v) is 10.4. The highest BCUT2D eigenvalue weighted by Gasteiger charge is 2.42. The Morgan fingerprint density at radius 2 is 2.06 bits per heavy atom. The number of rotatable bonds is 8. The van der Waals surface area contributed by atoms with Crippen LogP contribution in [0.5, 0.6) is 0 Å². The Balaban J connectivity index is 2.10. The average molecular weight is 268 g/mol. The Morgan fingerprint density at radius 1 is 1.39 bits per heavy atom. The predicted octanol–water partition coefficient (Wildman–Crippen LogP) is 1.07. The summed E-state index contributed by atoms with van der Waals surface area (Å²) in [5.41, 5.74) is 0.107. The molecule has 2 N–H and O–H groups in total. The highest BCUT2D eigenvalue weighted by molar-refractivity contribution is 5.78. The van der Waals surface area contributed by atoms with Crippen LogP contribution in [0.2, 0.25) is 0 Å². The summed E-state index contributed by atoms with van der Waals surface area (Å²) in [6.45, 7) is -0.291. The van der Waals surface area contributed by atoms with Crippen molar-refractivity contribution in [1.29, 1.82) is 0 Å². The number of hydrogen-bond donors (Lipinski definition) is 2. The molecule has 0 atom stereocenters. The molecule has 0 aromatic rings. The number of halogens is 3. The van der Waals surface area contributed by atoms with Crippen molar-refractivity contribution in [2.45, 2.75) is 25.4 Å². The predicted molar refractivity (Wildman–Crippen MR) is 60.1 cm³/mol. The maximum Gasteiger partial charge on any atom is 0.401 e. The molecule has 0 bridgehead atoms. The Morgan fingerprint density at radius 3 is 2.56 bits per heavy atom. The molecule has 7 heteroatoms. The Bertz CT molecular complexity index is 278. The number of nitrogens with one attached hydrogen (secondary N) is 2. The van der Waals surface area contributed by atoms with Crippen LogP contribution in [-0.4, -0.2) is 45.4 Å². The first-order chi connectivity index (χ1) is 8.37. The van der Waals surface area contributed by atoms with E-state index in [1.807, 2.05) is 0 Å². The largest absolute Gasteiger partial charge is 0.401 e. The zero-order valence-electron chi connectivity index (χ0n) is 10.4. The second-order valence-electron chi connectivity index (χ2n) is 4.74. The third-order valence-corrected chi connectivity index (χ3v) is 3.07. The quantitative estimate of drug-likeness (QED) is 0.692. The van der Waals surface area contributed by atoms with Gasteiger partial charge in [0.1, 0.15) is 0 Å². The van der Waals surface area contributed by atoms with E-state index in [2.05, 4.69) is 10.6 Å². The van der Waals surface area contributed by atoms with Gasteiger partial charge in [-0.2, -0.15) is 13.2 Å². The number of carbonyl (C=O) groups is 1. The van der Waals surface area contributed by atoms with Crippen LogP contribution in [0.4, 0.5) is 13.2 Å². The standard InChI is InChI=1S/C11H19F3N2O2/c1-18-5-4-10(2-3-10)7-16-9(17)6-15-8-11(12,13)14/h15H,2-8H2,1H3,(H,16,17). The lowest BCUT2D eigenvalue weighted by Crippen LogP contribution is -2.40. The molecule has 0 spiro atoms. The highest BCUT2D eigenvalue weighted by Crippen LogP contribution is 2.48. The van der Waals surface area contributed by atoms with Gasteiger partial charge in [0.15, 0.2) is 0 Å². The third-order valence-electron chi connectivity index (χ3n) is 3.07. The first kappa shape index (κ1) is 15.2. The van der Waals surface area contributed by atoms with E-state index in [0.29, 0.717) is 13.2 Å². The molecule has 0 saturated heterocycles. The van der Waals surface area contributed by atoms with Gasteiger partial charge in [0.2, 0.25) is 5.91 Å². The van der Waals surface area contributed by atoms with Gasteiger partial charge >= 0.3 is 6.18 Å². The second kappa shape index (κ2) is 6.38. The van der Waals surface area contributed by atoms with Crippen LogP contribution in [0, 0.1) is 5.41 Å². The molecule has 106 valence electrons. The van der Waals surface area contributed by atoms with E-state index < -0.39 is 18.6 Å². The molecule has 0 heterocycles. The lowest BCUT2D eigenvalue weighted by atomic mass is 10.0. The number of alkyl halides is 3. The van der Waals surface area contributed by atoms with Crippen LogP contribution in [0.15, 0.2) is 0 Å². The van der Waals surface area contributed by atoms with E-state index in [1.54, 1.807) is 7.11 Å². The summed E-state index contributed by atoms with van der Waals surface area (Å²) in [4.78, 5) is 11.3. The molecular weight excluding hydrogens is 249 g/mol. The summed E-state index contributed by atoms with van der Waals surface area (Å²) < 4.78 is 40.4. The number of methoxy groups -OCH3 is 1. The fraction of sp³-hybridized carbons (Fsp3) is 0.909. The van der Waals surface area contributed by atoms with Crippen LogP contribution in [0.25, 0.3) is 0 Å². The van der Waals surface area contributed by atoms with Crippen molar-refractivity contribution in [2.75, 3.05) is 33.4 Å². The minimum atomic E-state index is -4.28. The molecule has 0 unspecified atom stereocenters. The van der Waals surface area contributed by atoms with Crippen molar-refractivity contribution >= 4 is 5.91 Å². The van der Waals surface area contributed by atoms with Crippen molar-refractivity contribution in [3.05, 3.63) is 0 Å². The maximum atomic E-state index is 11.8. The molecule has 1 aliphatic rings. The first-order valence-electron chi connectivity index (χ1n) is 5.90. The van der Waals surface area contributed by atoms with Crippen molar-refractivity contribution in [3.8, 4) is 0 Å². The summed E-state index contributed by atoms with van der Waals surface area (Å²) in [6.07, 6.45) is -1.34. The second-order valence-corrected chi connectivity index (χ2v) is 4.74. The summed E-state index contributed by atoms with van der Waals surface area (Å²) in [6, 6.07) is 0. The van der Waals surface area contributed by atoms with E-state index in [4.69, 9.17) is 4.74 Å². The van der Waals surface area contributed by atoms with Crippen LogP contribution in [0.1, 0.15) is 19.3 Å². The van der Waals surface area contributed by atoms with E-state index in [0.717, 1.165) is 19.3 Å². The van der Waals surface area contributed by atoms with Crippen LogP contribution < -0.4 is 10.6 Å². The Labute approximate surface area is 104 Å². The fourth-order valence-electron chi connectivity index (χ4n) is 1.68. The number of ether oxygens (including phenoxy) is 1. The molecule has 4 nitrogen and oxygen atoms in total. The van der Waals surface area contributed by atoms with Crippen LogP contribution in [0.3, 0.4) is 0 Å². The summed E-state index contributed by atoms with van der Waals surface area (Å²) >= 11 is 0. The third kappa shape index (κ3) is 6.20. The molecular formula is C11H19F3N2O2. The normalized spacial score (nSPS) is 17.6. The molecule has 1 aliphatic carbocycles. The molecule has 1 fully saturated rings. The Hall–Kier alpha value is -0.820. The summed E-state index contributed by atoms with van der Waals surface area (Å²) in [7, 11) is 1.62. The fourth-order valence-corrected chi connectivity index (χ4v) is 1.68. The topological polar surface area (TPSA) is 50.4 Å². The van der Waals surface area contributed by atoms with Crippen LogP contribution in [-0.2, 0) is 9.53 Å². The van der Waals surface area contributed by atoms with E-state index in [9.17, 15) is 18.0 Å². The van der Waals surface area contributed by atoms with Gasteiger partial charge in [0.25, 0.3) is 0 Å². The van der Waals surface area contributed by atoms with Gasteiger partial charge in [-0.05, 0) is 24.7 Å². The minimum Gasteiger partial charge on any atom is -0.385 e. The van der Waals surface area contributed by atoms with E-state index in [-0.39, 0.29) is 12.0 Å². The molecule has 18 heavy (non-hydrogen) atoms. The number of hydrogen-bond acceptors (Lipinski definition) is 3. The molecule has 0 aliphatic heterocycles. The first-order valence-corrected chi connectivity index (χ1v) is 5.90. The van der Waals surface area contributed by atoms with Crippen molar-refractivity contribution < 1.29 is 22.7 Å². The van der Waals surface area contributed by atoms with Crippen molar-refractivity contribution in [2.24, 2.45) is 5.41 Å². The molecule has 1 amide bonds. The van der Waals surface area contributed by atoms with Gasteiger partial charge in [0, 0.05) is 20.3 Å². The van der Waals surface area contributed by atoms with Crippen molar-refractivity contribution in [1.82, 2.24) is 10.6 Å². The highest BCUT2D eigenvalue weighted by atomic mass is 19.4. The minimum absolute atomic E-state index is 0.107. The SMILES string of the molecule is COCCC1(CNC(=O)CNCC(F)(F)F)CC1. The summed E-state index contributed by atoms with van der Waals surface area (Å²) in [5.74, 6) is -0.400. The van der Waals surface area contributed by atoms with Gasteiger partial charge < -0.3 is 15.4 Å². The average Bonchev–Trinajstić information content (AvgIpc) is 3.03. The van der Waals surface area contributed by atoms with Gasteiger partial charge in [-0.15, -0.1) is 0 Å².